The van der Waals surface area contributed by atoms with Crippen molar-refractivity contribution in [2.45, 2.75) is 25.0 Å². The summed E-state index contributed by atoms with van der Waals surface area (Å²) in [5.74, 6) is 1.37. The summed E-state index contributed by atoms with van der Waals surface area (Å²) in [7, 11) is -3.55. The Morgan fingerprint density at radius 1 is 1.00 bits per heavy atom. The van der Waals surface area contributed by atoms with Crippen molar-refractivity contribution in [3.05, 3.63) is 65.6 Å². The highest BCUT2D eigenvalue weighted by Crippen LogP contribution is 2.23. The van der Waals surface area contributed by atoms with Crippen LogP contribution in [-0.2, 0) is 23.2 Å². The first-order valence-electron chi connectivity index (χ1n) is 10.9. The summed E-state index contributed by atoms with van der Waals surface area (Å²) < 4.78 is 37.9. The van der Waals surface area contributed by atoms with E-state index in [1.165, 1.54) is 0 Å². The van der Waals surface area contributed by atoms with Gasteiger partial charge in [0.15, 0.2) is 16.4 Å². The smallest absolute Gasteiger partial charge is 0.243 e. The van der Waals surface area contributed by atoms with Crippen LogP contribution < -0.4 is 0 Å². The molecular weight excluding hydrogens is 458 g/mol. The third kappa shape index (κ3) is 4.15. The Morgan fingerprint density at radius 3 is 2.45 bits per heavy atom. The summed E-state index contributed by atoms with van der Waals surface area (Å²) in [6, 6.07) is 16.8. The van der Waals surface area contributed by atoms with Crippen LogP contribution in [0.5, 0.6) is 0 Å². The van der Waals surface area contributed by atoms with Crippen LogP contribution in [0.2, 0.25) is 0 Å². The summed E-state index contributed by atoms with van der Waals surface area (Å²) >= 11 is 5.63. The maximum atomic E-state index is 13.2. The van der Waals surface area contributed by atoms with Crippen LogP contribution in [0.15, 0.2) is 70.2 Å². The molecule has 10 heteroatoms. The molecule has 5 rings (SSSR count). The van der Waals surface area contributed by atoms with Gasteiger partial charge in [0.05, 0.1) is 17.8 Å². The monoisotopic (exact) mass is 483 g/mol. The highest BCUT2D eigenvalue weighted by molar-refractivity contribution is 7.89. The molecule has 3 heterocycles. The van der Waals surface area contributed by atoms with E-state index in [9.17, 15) is 8.42 Å². The largest absolute Gasteiger partial charge is 0.461 e. The van der Waals surface area contributed by atoms with Crippen LogP contribution in [0.25, 0.3) is 22.4 Å². The molecule has 0 radical (unpaired) electrons. The highest BCUT2D eigenvalue weighted by atomic mass is 32.2. The van der Waals surface area contributed by atoms with Gasteiger partial charge in [-0.25, -0.2) is 13.1 Å². The van der Waals surface area contributed by atoms with Gasteiger partial charge in [0.2, 0.25) is 10.0 Å². The van der Waals surface area contributed by atoms with Crippen molar-refractivity contribution in [1.29, 1.82) is 0 Å². The van der Waals surface area contributed by atoms with Crippen molar-refractivity contribution in [3.63, 3.8) is 0 Å². The van der Waals surface area contributed by atoms with E-state index >= 15 is 0 Å². The zero-order chi connectivity index (χ0) is 23.0. The lowest BCUT2D eigenvalue weighted by molar-refractivity contribution is 0.144. The van der Waals surface area contributed by atoms with Gasteiger partial charge < -0.3 is 4.42 Å². The molecule has 4 aromatic rings. The van der Waals surface area contributed by atoms with Crippen LogP contribution in [-0.4, -0.2) is 58.1 Å². The molecule has 0 N–H and O–H groups in total. The van der Waals surface area contributed by atoms with Gasteiger partial charge in [0.25, 0.3) is 0 Å². The van der Waals surface area contributed by atoms with E-state index < -0.39 is 10.0 Å². The van der Waals surface area contributed by atoms with Crippen molar-refractivity contribution < 1.29 is 12.8 Å². The first-order valence-corrected chi connectivity index (χ1v) is 12.7. The topological polar surface area (TPSA) is 76.5 Å². The van der Waals surface area contributed by atoms with Crippen molar-refractivity contribution in [1.82, 2.24) is 23.6 Å². The molecule has 1 fully saturated rings. The zero-order valence-electron chi connectivity index (χ0n) is 18.3. The number of fused-ring (bicyclic) bond motifs is 1. The number of furan rings is 1. The number of piperazine rings is 1. The molecular formula is C23H25N5O3S2. The van der Waals surface area contributed by atoms with Gasteiger partial charge in [0.1, 0.15) is 0 Å². The van der Waals surface area contributed by atoms with Gasteiger partial charge in [-0.05, 0) is 54.2 Å². The lowest BCUT2D eigenvalue weighted by Crippen LogP contribution is -2.48. The Balaban J connectivity index is 1.30. The SMILES string of the molecule is CCn1c(-c2ccco2)nn(CN2CCN(S(=O)(=O)c3ccc4ccccc4c3)CC2)c1=S. The van der Waals surface area contributed by atoms with Crippen LogP contribution in [0, 0.1) is 4.77 Å². The van der Waals surface area contributed by atoms with E-state index in [0.717, 1.165) is 10.8 Å². The van der Waals surface area contributed by atoms with E-state index in [4.69, 9.17) is 16.6 Å². The molecule has 0 aliphatic carbocycles. The number of hydrogen-bond acceptors (Lipinski definition) is 6. The number of sulfonamides is 1. The minimum Gasteiger partial charge on any atom is -0.461 e. The summed E-state index contributed by atoms with van der Waals surface area (Å²) in [5, 5.41) is 6.62. The van der Waals surface area contributed by atoms with Gasteiger partial charge in [-0.15, -0.1) is 5.10 Å². The summed E-state index contributed by atoms with van der Waals surface area (Å²) in [5.41, 5.74) is 0. The fourth-order valence-electron chi connectivity index (χ4n) is 4.18. The molecule has 1 aliphatic rings. The molecule has 2 aromatic heterocycles. The number of benzene rings is 2. The van der Waals surface area contributed by atoms with Gasteiger partial charge in [-0.2, -0.15) is 4.31 Å². The van der Waals surface area contributed by atoms with Gasteiger partial charge in [-0.1, -0.05) is 30.3 Å². The van der Waals surface area contributed by atoms with E-state index in [-0.39, 0.29) is 0 Å². The fraction of sp³-hybridized carbons (Fsp3) is 0.304. The van der Waals surface area contributed by atoms with Crippen LogP contribution in [0.3, 0.4) is 0 Å². The summed E-state index contributed by atoms with van der Waals surface area (Å²) in [6.07, 6.45) is 1.62. The summed E-state index contributed by atoms with van der Waals surface area (Å²) in [4.78, 5) is 2.50. The summed E-state index contributed by atoms with van der Waals surface area (Å²) in [6.45, 7) is 5.25. The van der Waals surface area contributed by atoms with Gasteiger partial charge >= 0.3 is 0 Å². The highest BCUT2D eigenvalue weighted by Gasteiger charge is 2.29. The minimum atomic E-state index is -3.55. The molecule has 1 aliphatic heterocycles. The van der Waals surface area contributed by atoms with Crippen molar-refractivity contribution in [3.8, 4) is 11.6 Å². The van der Waals surface area contributed by atoms with Crippen LogP contribution in [0.4, 0.5) is 0 Å². The Bertz CT molecular complexity index is 1430. The second kappa shape index (κ2) is 8.86. The van der Waals surface area contributed by atoms with E-state index in [1.807, 2.05) is 54.0 Å². The molecule has 2 aromatic carbocycles. The molecule has 0 amide bonds. The molecule has 33 heavy (non-hydrogen) atoms. The normalized spacial score (nSPS) is 15.9. The molecule has 0 saturated carbocycles. The Morgan fingerprint density at radius 2 is 1.76 bits per heavy atom. The maximum Gasteiger partial charge on any atom is 0.243 e. The molecule has 8 nitrogen and oxygen atoms in total. The second-order valence-corrected chi connectivity index (χ2v) is 10.3. The molecule has 172 valence electrons. The Kier molecular flexibility index (Phi) is 5.92. The van der Waals surface area contributed by atoms with Crippen molar-refractivity contribution in [2.75, 3.05) is 26.2 Å². The fourth-order valence-corrected chi connectivity index (χ4v) is 5.96. The average Bonchev–Trinajstić information content (AvgIpc) is 3.47. The molecule has 0 atom stereocenters. The van der Waals surface area contributed by atoms with Crippen molar-refractivity contribution >= 4 is 33.0 Å². The second-order valence-electron chi connectivity index (χ2n) is 8.00. The van der Waals surface area contributed by atoms with E-state index in [1.54, 1.807) is 27.4 Å². The number of hydrogen-bond donors (Lipinski definition) is 0. The third-order valence-electron chi connectivity index (χ3n) is 6.00. The van der Waals surface area contributed by atoms with Gasteiger partial charge in [0, 0.05) is 32.7 Å². The molecule has 1 saturated heterocycles. The predicted molar refractivity (Wildman–Crippen MR) is 129 cm³/mol. The van der Waals surface area contributed by atoms with Gasteiger partial charge in [-0.3, -0.25) is 9.47 Å². The quantitative estimate of drug-likeness (QED) is 0.388. The number of nitrogens with zero attached hydrogens (tertiary/aromatic N) is 5. The zero-order valence-corrected chi connectivity index (χ0v) is 19.9. The first kappa shape index (κ1) is 22.0. The Labute approximate surface area is 197 Å². The lowest BCUT2D eigenvalue weighted by Gasteiger charge is -2.33. The lowest BCUT2D eigenvalue weighted by atomic mass is 10.1. The number of aromatic nitrogens is 3. The number of rotatable bonds is 6. The van der Waals surface area contributed by atoms with Crippen LogP contribution in [0.1, 0.15) is 6.92 Å². The minimum absolute atomic E-state index is 0.335. The van der Waals surface area contributed by atoms with E-state index in [2.05, 4.69) is 10.00 Å². The predicted octanol–water partition coefficient (Wildman–Crippen LogP) is 3.81. The Hall–Kier alpha value is -2.79. The molecule has 0 bridgehead atoms. The first-order chi connectivity index (χ1) is 16.0. The average molecular weight is 484 g/mol. The third-order valence-corrected chi connectivity index (χ3v) is 8.33. The van der Waals surface area contributed by atoms with Crippen molar-refractivity contribution in [2.24, 2.45) is 0 Å². The standard InChI is InChI=1S/C23H25N5O3S2/c1-2-27-22(21-8-5-15-31-21)24-28(23(27)32)17-25-11-13-26(14-12-25)33(29,30)20-10-9-18-6-3-4-7-19(18)16-20/h3-10,15-16H,2,11-14,17H2,1H3. The van der Waals surface area contributed by atoms with E-state index in [0.29, 0.717) is 60.6 Å². The maximum absolute atomic E-state index is 13.2. The molecule has 0 spiro atoms. The van der Waals surface area contributed by atoms with Crippen LogP contribution >= 0.6 is 12.2 Å². The molecule has 0 unspecified atom stereocenters.